The van der Waals surface area contributed by atoms with Gasteiger partial charge in [-0.15, -0.1) is 0 Å². The molecule has 0 heterocycles. The van der Waals surface area contributed by atoms with Crippen LogP contribution in [-0.4, -0.2) is 28.2 Å². The highest BCUT2D eigenvalue weighted by Crippen LogP contribution is 2.31. The van der Waals surface area contributed by atoms with Crippen LogP contribution in [0.2, 0.25) is 0 Å². The molecule has 0 N–H and O–H groups in total. The second-order valence-corrected chi connectivity index (χ2v) is 9.36. The molecule has 0 atom stereocenters. The van der Waals surface area contributed by atoms with Gasteiger partial charge in [0.05, 0.1) is 34.1 Å². The van der Waals surface area contributed by atoms with Crippen LogP contribution >= 0.6 is 0 Å². The van der Waals surface area contributed by atoms with Crippen LogP contribution in [0.5, 0.6) is 0 Å². The molecule has 8 nitrogen and oxygen atoms in total. The van der Waals surface area contributed by atoms with Gasteiger partial charge >= 0.3 is 0 Å². The van der Waals surface area contributed by atoms with Crippen LogP contribution in [0, 0.1) is 13.8 Å². The molecule has 0 spiro atoms. The van der Waals surface area contributed by atoms with Gasteiger partial charge in [0.15, 0.2) is 0 Å². The number of benzene rings is 4. The van der Waals surface area contributed by atoms with Crippen LogP contribution in [0.3, 0.4) is 0 Å². The van der Waals surface area contributed by atoms with E-state index in [1.165, 1.54) is 0 Å². The van der Waals surface area contributed by atoms with Crippen molar-refractivity contribution in [2.45, 2.75) is 13.8 Å². The summed E-state index contributed by atoms with van der Waals surface area (Å²) < 4.78 is 0. The van der Waals surface area contributed by atoms with E-state index in [0.29, 0.717) is 0 Å². The van der Waals surface area contributed by atoms with Gasteiger partial charge in [-0.2, -0.15) is 30.7 Å². The SMILES string of the molecule is Cc1cc(/N=N/c2ccc(N(C)C)cc2)c(C)cc1/N=N/c1ccc(/N=N/c2ccc(N(C)C)cc2)cc1. The molecular formula is C30H32N8. The molecule has 0 bridgehead atoms. The van der Waals surface area contributed by atoms with Crippen molar-refractivity contribution in [3.05, 3.63) is 96.1 Å². The standard InChI is InChI=1S/C30H32N8/c1-21-20-30(36-34-26-13-17-28(18-14-26)38(5)6)22(2)19-29(21)35-33-24-9-7-23(8-10-24)31-32-25-11-15-27(16-12-25)37(3)4/h7-20H,1-6H3/b32-31+,35-33+,36-34+. The molecule has 38 heavy (non-hydrogen) atoms. The monoisotopic (exact) mass is 504 g/mol. The van der Waals surface area contributed by atoms with Gasteiger partial charge in [-0.1, -0.05) is 0 Å². The Morgan fingerprint density at radius 2 is 0.658 bits per heavy atom. The number of anilines is 2. The Bertz CT molecular complexity index is 1450. The summed E-state index contributed by atoms with van der Waals surface area (Å²) in [5.41, 5.74) is 8.89. The van der Waals surface area contributed by atoms with Crippen molar-refractivity contribution in [1.82, 2.24) is 0 Å². The summed E-state index contributed by atoms with van der Waals surface area (Å²) in [5.74, 6) is 0. The number of azo groups is 3. The molecular weight excluding hydrogens is 472 g/mol. The Labute approximate surface area is 224 Å². The molecule has 0 fully saturated rings. The minimum absolute atomic E-state index is 0.737. The summed E-state index contributed by atoms with van der Waals surface area (Å²) in [6, 6.07) is 27.3. The van der Waals surface area contributed by atoms with E-state index in [1.807, 2.05) is 137 Å². The maximum atomic E-state index is 4.46. The lowest BCUT2D eigenvalue weighted by atomic mass is 10.1. The zero-order chi connectivity index (χ0) is 27.1. The van der Waals surface area contributed by atoms with Crippen molar-refractivity contribution < 1.29 is 0 Å². The van der Waals surface area contributed by atoms with Crippen molar-refractivity contribution >= 4 is 45.5 Å². The Morgan fingerprint density at radius 3 is 0.947 bits per heavy atom. The summed E-state index contributed by atoms with van der Waals surface area (Å²) in [6.07, 6.45) is 0. The third-order valence-corrected chi connectivity index (χ3v) is 5.92. The van der Waals surface area contributed by atoms with E-state index < -0.39 is 0 Å². The molecule has 4 aromatic rings. The van der Waals surface area contributed by atoms with Crippen molar-refractivity contribution in [3.63, 3.8) is 0 Å². The smallest absolute Gasteiger partial charge is 0.0890 e. The predicted octanol–water partition coefficient (Wildman–Crippen LogP) is 9.68. The Hall–Kier alpha value is -4.72. The van der Waals surface area contributed by atoms with Gasteiger partial charge in [-0.05, 0) is 110 Å². The maximum Gasteiger partial charge on any atom is 0.0890 e. The molecule has 0 aliphatic heterocycles. The van der Waals surface area contributed by atoms with E-state index in [2.05, 4.69) is 30.7 Å². The van der Waals surface area contributed by atoms with Crippen LogP contribution in [0.25, 0.3) is 0 Å². The lowest BCUT2D eigenvalue weighted by Gasteiger charge is -2.11. The first-order chi connectivity index (χ1) is 18.3. The Kier molecular flexibility index (Phi) is 8.33. The molecule has 4 aromatic carbocycles. The highest BCUT2D eigenvalue weighted by molar-refractivity contribution is 5.59. The van der Waals surface area contributed by atoms with Crippen LogP contribution in [0.15, 0.2) is 116 Å². The fourth-order valence-corrected chi connectivity index (χ4v) is 3.56. The van der Waals surface area contributed by atoms with Crippen molar-refractivity contribution in [2.24, 2.45) is 30.7 Å². The van der Waals surface area contributed by atoms with Gasteiger partial charge in [0, 0.05) is 39.6 Å². The first-order valence-corrected chi connectivity index (χ1v) is 12.3. The molecule has 8 heteroatoms. The second-order valence-electron chi connectivity index (χ2n) is 9.36. The van der Waals surface area contributed by atoms with Crippen LogP contribution < -0.4 is 9.80 Å². The predicted molar refractivity (Wildman–Crippen MR) is 156 cm³/mol. The molecule has 192 valence electrons. The van der Waals surface area contributed by atoms with Gasteiger partial charge in [-0.25, -0.2) is 0 Å². The van der Waals surface area contributed by atoms with E-state index in [1.54, 1.807) is 0 Å². The molecule has 0 unspecified atom stereocenters. The first kappa shape index (κ1) is 26.3. The van der Waals surface area contributed by atoms with Gasteiger partial charge in [-0.3, -0.25) is 0 Å². The van der Waals surface area contributed by atoms with Gasteiger partial charge in [0.2, 0.25) is 0 Å². The Morgan fingerprint density at radius 1 is 0.395 bits per heavy atom. The lowest BCUT2D eigenvalue weighted by molar-refractivity contribution is 1.13. The quantitative estimate of drug-likeness (QED) is 0.224. The molecule has 0 aromatic heterocycles. The van der Waals surface area contributed by atoms with E-state index >= 15 is 0 Å². The number of nitrogens with zero attached hydrogens (tertiary/aromatic N) is 8. The normalized spacial score (nSPS) is 11.6. The maximum absolute atomic E-state index is 4.46. The van der Waals surface area contributed by atoms with Crippen LogP contribution in [0.4, 0.5) is 45.5 Å². The Balaban J connectivity index is 1.41. The third-order valence-electron chi connectivity index (χ3n) is 5.92. The van der Waals surface area contributed by atoms with Crippen LogP contribution in [-0.2, 0) is 0 Å². The molecule has 0 aliphatic carbocycles. The van der Waals surface area contributed by atoms with Crippen molar-refractivity contribution in [3.8, 4) is 0 Å². The van der Waals surface area contributed by atoms with E-state index in [0.717, 1.165) is 56.6 Å². The summed E-state index contributed by atoms with van der Waals surface area (Å²) in [4.78, 5) is 4.09. The number of aryl methyl sites for hydroxylation is 2. The number of hydrogen-bond acceptors (Lipinski definition) is 8. The van der Waals surface area contributed by atoms with Gasteiger partial charge < -0.3 is 9.80 Å². The fourth-order valence-electron chi connectivity index (χ4n) is 3.56. The minimum Gasteiger partial charge on any atom is -0.378 e. The topological polar surface area (TPSA) is 80.6 Å². The largest absolute Gasteiger partial charge is 0.378 e. The average molecular weight is 505 g/mol. The molecule has 0 saturated carbocycles. The van der Waals surface area contributed by atoms with Crippen LogP contribution in [0.1, 0.15) is 11.1 Å². The molecule has 0 amide bonds. The number of rotatable bonds is 8. The minimum atomic E-state index is 0.737. The second kappa shape index (κ2) is 12.0. The van der Waals surface area contributed by atoms with Crippen molar-refractivity contribution in [1.29, 1.82) is 0 Å². The fraction of sp³-hybridized carbons (Fsp3) is 0.200. The van der Waals surface area contributed by atoms with Gasteiger partial charge in [0.25, 0.3) is 0 Å². The summed E-state index contributed by atoms with van der Waals surface area (Å²) in [7, 11) is 8.03. The highest BCUT2D eigenvalue weighted by Gasteiger charge is 2.05. The van der Waals surface area contributed by atoms with E-state index in [9.17, 15) is 0 Å². The molecule has 0 saturated heterocycles. The first-order valence-electron chi connectivity index (χ1n) is 12.3. The molecule has 4 rings (SSSR count). The lowest BCUT2D eigenvalue weighted by Crippen LogP contribution is -2.07. The zero-order valence-corrected chi connectivity index (χ0v) is 22.7. The summed E-state index contributed by atoms with van der Waals surface area (Å²) in [6.45, 7) is 3.99. The van der Waals surface area contributed by atoms with E-state index in [4.69, 9.17) is 0 Å². The summed E-state index contributed by atoms with van der Waals surface area (Å²) in [5, 5.41) is 26.3. The third kappa shape index (κ3) is 6.94. The van der Waals surface area contributed by atoms with Crippen molar-refractivity contribution in [2.75, 3.05) is 38.0 Å². The molecule has 0 aliphatic rings. The number of hydrogen-bond donors (Lipinski definition) is 0. The summed E-state index contributed by atoms with van der Waals surface area (Å²) >= 11 is 0. The van der Waals surface area contributed by atoms with Gasteiger partial charge in [0.1, 0.15) is 0 Å². The zero-order valence-electron chi connectivity index (χ0n) is 22.7. The highest BCUT2D eigenvalue weighted by atomic mass is 15.1. The molecule has 0 radical (unpaired) electrons. The van der Waals surface area contributed by atoms with E-state index in [-0.39, 0.29) is 0 Å². The average Bonchev–Trinajstić information content (AvgIpc) is 2.92.